The Hall–Kier alpha value is -7.19. The maximum Gasteiger partial charge on any atom is 0.291 e. The highest BCUT2D eigenvalue weighted by atomic mass is 32.1. The third kappa shape index (κ3) is 8.89. The van der Waals surface area contributed by atoms with Crippen LogP contribution in [0.5, 0.6) is 0 Å². The lowest BCUT2D eigenvalue weighted by atomic mass is 10.0. The number of aryl methyl sites for hydroxylation is 3. The minimum absolute atomic E-state index is 0.184. The van der Waals surface area contributed by atoms with Gasteiger partial charge >= 0.3 is 0 Å². The van der Waals surface area contributed by atoms with Crippen LogP contribution in [0.25, 0.3) is 43.5 Å². The molecule has 0 saturated heterocycles. The van der Waals surface area contributed by atoms with Crippen LogP contribution in [0.4, 0.5) is 23.0 Å². The van der Waals surface area contributed by atoms with E-state index in [9.17, 15) is 19.2 Å². The first kappa shape index (κ1) is 42.0. The number of benzene rings is 4. The molecule has 308 valence electrons. The van der Waals surface area contributed by atoms with Gasteiger partial charge in [-0.1, -0.05) is 98.3 Å². The van der Waals surface area contributed by atoms with Crippen molar-refractivity contribution < 1.29 is 9.59 Å². The minimum Gasteiger partial charge on any atom is -0.334 e. The van der Waals surface area contributed by atoms with Gasteiger partial charge in [-0.25, -0.2) is 19.3 Å². The molecular formula is C47H45N9O4S. The molecule has 0 saturated carbocycles. The van der Waals surface area contributed by atoms with E-state index in [1.165, 1.54) is 34.7 Å². The van der Waals surface area contributed by atoms with Crippen molar-refractivity contribution in [3.8, 4) is 22.5 Å². The Bertz CT molecular complexity index is 3000. The number of aromatic nitrogens is 7. The normalized spacial score (nSPS) is 11.0. The van der Waals surface area contributed by atoms with Gasteiger partial charge in [-0.2, -0.15) is 14.6 Å². The summed E-state index contributed by atoms with van der Waals surface area (Å²) in [4.78, 5) is 61.2. The summed E-state index contributed by atoms with van der Waals surface area (Å²) in [7, 11) is 0. The summed E-state index contributed by atoms with van der Waals surface area (Å²) in [6.07, 6.45) is 2.73. The lowest BCUT2D eigenvalue weighted by Gasteiger charge is -2.17. The molecule has 0 unspecified atom stereocenters. The van der Waals surface area contributed by atoms with Gasteiger partial charge in [0.05, 0.1) is 21.3 Å². The smallest absolute Gasteiger partial charge is 0.291 e. The maximum atomic E-state index is 13.3. The quantitative estimate of drug-likeness (QED) is 0.106. The second-order valence-corrected chi connectivity index (χ2v) is 15.0. The molecule has 14 heteroatoms. The summed E-state index contributed by atoms with van der Waals surface area (Å²) in [5.41, 5.74) is 3.51. The molecule has 4 aromatic heterocycles. The molecule has 0 aliphatic rings. The second-order valence-electron chi connectivity index (χ2n) is 14.2. The van der Waals surface area contributed by atoms with E-state index in [2.05, 4.69) is 37.1 Å². The van der Waals surface area contributed by atoms with Crippen LogP contribution in [0.1, 0.15) is 74.0 Å². The van der Waals surface area contributed by atoms with Crippen LogP contribution in [0, 0.1) is 0 Å². The van der Waals surface area contributed by atoms with E-state index in [4.69, 9.17) is 4.98 Å². The molecule has 0 amide bonds. The number of anilines is 4. The molecule has 0 aliphatic heterocycles. The number of unbranched alkanes of at least 4 members (excludes halogenated alkanes) is 1. The number of ketones is 2. The third-order valence-corrected chi connectivity index (χ3v) is 10.8. The number of hydrogen-bond acceptors (Lipinski definition) is 12. The van der Waals surface area contributed by atoms with Gasteiger partial charge in [0.25, 0.3) is 11.1 Å². The summed E-state index contributed by atoms with van der Waals surface area (Å²) in [6.45, 7) is 9.48. The lowest BCUT2D eigenvalue weighted by molar-refractivity contribution is 0.101. The SMILES string of the molecule is CCCCc1nc(Nc2c(C(C)=O)c(-c3ccccc3)nn(CC)c2=O)c2ccccc2n1.CCn1nc(-c2ccccc2)c(C(C)=O)c(Nc2nsc3ccccc23)c1=O. The summed E-state index contributed by atoms with van der Waals surface area (Å²) < 4.78 is 8.18. The van der Waals surface area contributed by atoms with E-state index in [0.717, 1.165) is 51.4 Å². The molecular weight excluding hydrogens is 787 g/mol. The Balaban J connectivity index is 0.000000186. The number of hydrogen-bond donors (Lipinski definition) is 2. The zero-order valence-corrected chi connectivity index (χ0v) is 35.4. The van der Waals surface area contributed by atoms with Crippen molar-refractivity contribution in [3.63, 3.8) is 0 Å². The molecule has 4 aromatic carbocycles. The van der Waals surface area contributed by atoms with Crippen LogP contribution in [0.15, 0.2) is 119 Å². The summed E-state index contributed by atoms with van der Waals surface area (Å²) in [6, 6.07) is 34.3. The summed E-state index contributed by atoms with van der Waals surface area (Å²) >= 11 is 1.34. The Labute approximate surface area is 356 Å². The predicted octanol–water partition coefficient (Wildman–Crippen LogP) is 9.65. The van der Waals surface area contributed by atoms with Crippen LogP contribution < -0.4 is 21.8 Å². The lowest BCUT2D eigenvalue weighted by Crippen LogP contribution is -2.28. The third-order valence-electron chi connectivity index (χ3n) is 9.98. The average Bonchev–Trinajstić information content (AvgIpc) is 3.69. The van der Waals surface area contributed by atoms with Gasteiger partial charge < -0.3 is 10.6 Å². The van der Waals surface area contributed by atoms with Crippen molar-refractivity contribution in [1.29, 1.82) is 0 Å². The average molecular weight is 832 g/mol. The number of carbonyl (C=O) groups excluding carboxylic acids is 2. The number of nitrogens with one attached hydrogen (secondary N) is 2. The highest BCUT2D eigenvalue weighted by Gasteiger charge is 2.25. The Morgan fingerprint density at radius 3 is 1.62 bits per heavy atom. The number of Topliss-reactive ketones (excluding diaryl/α,β-unsaturated/α-hetero) is 2. The van der Waals surface area contributed by atoms with Crippen LogP contribution in [0.3, 0.4) is 0 Å². The van der Waals surface area contributed by atoms with Gasteiger partial charge in [0.1, 0.15) is 34.4 Å². The van der Waals surface area contributed by atoms with E-state index in [-0.39, 0.29) is 45.2 Å². The standard InChI is InChI=1S/C26H27N5O2.C21H18N4O2S/c1-4-6-16-21-27-20-15-11-10-14-19(20)25(28-21)29-24-22(17(3)32)23(18-12-8-7-9-13-18)30-31(5-2)26(24)33;1-3-25-21(27)19(22-20-15-11-7-8-12-16(15)28-24-20)17(13(2)26)18(23-25)14-9-5-4-6-10-14/h7-15H,4-6,16H2,1-3H3,(H,27,28,29);4-12H,3H2,1-2H3,(H,22,24). The first-order valence-electron chi connectivity index (χ1n) is 20.2. The van der Waals surface area contributed by atoms with Crippen molar-refractivity contribution >= 4 is 67.1 Å². The highest BCUT2D eigenvalue weighted by Crippen LogP contribution is 2.33. The van der Waals surface area contributed by atoms with Gasteiger partial charge in [-0.15, -0.1) is 0 Å². The van der Waals surface area contributed by atoms with E-state index in [1.807, 2.05) is 123 Å². The van der Waals surface area contributed by atoms with Crippen molar-refractivity contribution in [2.75, 3.05) is 10.6 Å². The van der Waals surface area contributed by atoms with Gasteiger partial charge in [-0.05, 0) is 69.9 Å². The molecule has 0 radical (unpaired) electrons. The molecule has 8 aromatic rings. The topological polar surface area (TPSA) is 167 Å². The first-order chi connectivity index (χ1) is 29.6. The van der Waals surface area contributed by atoms with E-state index < -0.39 is 0 Å². The van der Waals surface area contributed by atoms with Crippen LogP contribution in [0.2, 0.25) is 0 Å². The monoisotopic (exact) mass is 831 g/mol. The molecule has 2 N–H and O–H groups in total. The number of carbonyl (C=O) groups is 2. The molecule has 8 rings (SSSR count). The van der Waals surface area contributed by atoms with E-state index >= 15 is 0 Å². The fourth-order valence-corrected chi connectivity index (χ4v) is 7.70. The molecule has 61 heavy (non-hydrogen) atoms. The molecule has 4 heterocycles. The largest absolute Gasteiger partial charge is 0.334 e. The van der Waals surface area contributed by atoms with Crippen LogP contribution >= 0.6 is 11.5 Å². The van der Waals surface area contributed by atoms with Crippen LogP contribution in [-0.4, -0.2) is 45.5 Å². The molecule has 0 bridgehead atoms. The number of rotatable bonds is 13. The van der Waals surface area contributed by atoms with E-state index in [1.54, 1.807) is 0 Å². The Morgan fingerprint density at radius 2 is 1.10 bits per heavy atom. The number of para-hydroxylation sites is 1. The summed E-state index contributed by atoms with van der Waals surface area (Å²) in [5.74, 6) is 1.31. The molecule has 0 aliphatic carbocycles. The Morgan fingerprint density at radius 1 is 0.607 bits per heavy atom. The van der Waals surface area contributed by atoms with E-state index in [0.29, 0.717) is 41.9 Å². The number of nitrogens with zero attached hydrogens (tertiary/aromatic N) is 7. The highest BCUT2D eigenvalue weighted by molar-refractivity contribution is 7.13. The van der Waals surface area contributed by atoms with Crippen LogP contribution in [-0.2, 0) is 19.5 Å². The van der Waals surface area contributed by atoms with Crippen molar-refractivity contribution in [2.24, 2.45) is 0 Å². The molecule has 0 atom stereocenters. The first-order valence-corrected chi connectivity index (χ1v) is 21.0. The summed E-state index contributed by atoms with van der Waals surface area (Å²) in [5, 5.41) is 17.0. The molecule has 0 fully saturated rings. The fourth-order valence-electron chi connectivity index (χ4n) is 6.96. The van der Waals surface area contributed by atoms with Crippen molar-refractivity contribution in [3.05, 3.63) is 147 Å². The van der Waals surface area contributed by atoms with Crippen molar-refractivity contribution in [1.82, 2.24) is 33.9 Å². The van der Waals surface area contributed by atoms with Gasteiger partial charge in [-0.3, -0.25) is 19.2 Å². The van der Waals surface area contributed by atoms with Gasteiger partial charge in [0, 0.05) is 41.4 Å². The molecule has 13 nitrogen and oxygen atoms in total. The van der Waals surface area contributed by atoms with Gasteiger partial charge in [0.15, 0.2) is 17.4 Å². The Kier molecular flexibility index (Phi) is 12.9. The number of fused-ring (bicyclic) bond motifs is 2. The molecule has 0 spiro atoms. The second kappa shape index (κ2) is 18.8. The van der Waals surface area contributed by atoms with Gasteiger partial charge in [0.2, 0.25) is 0 Å². The van der Waals surface area contributed by atoms with Crippen molar-refractivity contribution in [2.45, 2.75) is 67.0 Å². The fraction of sp³-hybridized carbons (Fsp3) is 0.213. The zero-order valence-electron chi connectivity index (χ0n) is 34.6. The maximum absolute atomic E-state index is 13.3. The zero-order chi connectivity index (χ0) is 43.0. The minimum atomic E-state index is -0.361. The predicted molar refractivity (Wildman–Crippen MR) is 244 cm³/mol.